The van der Waals surface area contributed by atoms with Crippen molar-refractivity contribution in [3.63, 3.8) is 0 Å². The number of rotatable bonds is 9. The molecule has 2 fully saturated rings. The Morgan fingerprint density at radius 2 is 2.07 bits per heavy atom. The summed E-state index contributed by atoms with van der Waals surface area (Å²) in [5.41, 5.74) is 0.449. The molecule has 0 bridgehead atoms. The lowest BCUT2D eigenvalue weighted by Gasteiger charge is -2.34. The van der Waals surface area contributed by atoms with E-state index in [-0.39, 0.29) is 30.9 Å². The summed E-state index contributed by atoms with van der Waals surface area (Å²) in [6.07, 6.45) is 3.57. The molecule has 1 N–H and O–H groups in total. The van der Waals surface area contributed by atoms with Gasteiger partial charge in [-0.2, -0.15) is 0 Å². The van der Waals surface area contributed by atoms with Crippen LogP contribution in [-0.4, -0.2) is 67.7 Å². The molecule has 0 spiro atoms. The largest absolute Gasteiger partial charge is 0.494 e. The van der Waals surface area contributed by atoms with Crippen molar-refractivity contribution in [1.29, 1.82) is 0 Å². The van der Waals surface area contributed by atoms with Crippen molar-refractivity contribution in [2.45, 2.75) is 51.2 Å². The molecule has 2 atom stereocenters. The highest BCUT2D eigenvalue weighted by molar-refractivity contribution is 5.99. The van der Waals surface area contributed by atoms with Crippen LogP contribution in [0.5, 0.6) is 5.75 Å². The second-order valence-electron chi connectivity index (χ2n) is 7.55. The number of hydrogen-bond donors (Lipinski definition) is 1. The summed E-state index contributed by atoms with van der Waals surface area (Å²) in [4.78, 5) is 39.1. The maximum atomic E-state index is 13.0. The average Bonchev–Trinajstić information content (AvgIpc) is 3.28. The van der Waals surface area contributed by atoms with Gasteiger partial charge in [-0.05, 0) is 43.5 Å². The number of piperazine rings is 1. The van der Waals surface area contributed by atoms with E-state index in [9.17, 15) is 14.4 Å². The van der Waals surface area contributed by atoms with E-state index in [4.69, 9.17) is 14.2 Å². The zero-order chi connectivity index (χ0) is 21.3. The molecular formula is C22H30N2O6. The molecular weight excluding hydrogens is 388 g/mol. The summed E-state index contributed by atoms with van der Waals surface area (Å²) in [7, 11) is 0. The van der Waals surface area contributed by atoms with Crippen molar-refractivity contribution < 1.29 is 28.6 Å². The molecule has 0 aliphatic carbocycles. The molecule has 2 saturated heterocycles. The van der Waals surface area contributed by atoms with Crippen LogP contribution in [0, 0.1) is 0 Å². The molecule has 164 valence electrons. The third-order valence-electron chi connectivity index (χ3n) is 5.27. The van der Waals surface area contributed by atoms with Gasteiger partial charge in [0.25, 0.3) is 5.91 Å². The fourth-order valence-corrected chi connectivity index (χ4v) is 3.53. The quantitative estimate of drug-likeness (QED) is 0.486. The Kier molecular flexibility index (Phi) is 8.07. The fraction of sp³-hybridized carbons (Fsp3) is 0.591. The molecule has 3 rings (SSSR count). The van der Waals surface area contributed by atoms with E-state index in [0.29, 0.717) is 37.6 Å². The average molecular weight is 418 g/mol. The Bertz CT molecular complexity index is 730. The van der Waals surface area contributed by atoms with E-state index in [2.05, 4.69) is 12.2 Å². The van der Waals surface area contributed by atoms with Gasteiger partial charge in [-0.15, -0.1) is 0 Å². The number of nitrogens with zero attached hydrogens (tertiary/aromatic N) is 1. The van der Waals surface area contributed by atoms with Crippen LogP contribution in [0.3, 0.4) is 0 Å². The molecule has 8 nitrogen and oxygen atoms in total. The highest BCUT2D eigenvalue weighted by Crippen LogP contribution is 2.19. The summed E-state index contributed by atoms with van der Waals surface area (Å²) in [6, 6.07) is 5.98. The number of benzene rings is 1. The molecule has 8 heteroatoms. The molecule has 0 aromatic heterocycles. The van der Waals surface area contributed by atoms with E-state index in [1.165, 1.54) is 4.90 Å². The topological polar surface area (TPSA) is 94.2 Å². The highest BCUT2D eigenvalue weighted by atomic mass is 16.6. The van der Waals surface area contributed by atoms with Gasteiger partial charge in [0.1, 0.15) is 18.4 Å². The lowest BCUT2D eigenvalue weighted by atomic mass is 10.1. The third-order valence-corrected chi connectivity index (χ3v) is 5.27. The van der Waals surface area contributed by atoms with Gasteiger partial charge in [-0.1, -0.05) is 13.3 Å². The highest BCUT2D eigenvalue weighted by Gasteiger charge is 2.35. The smallest absolute Gasteiger partial charge is 0.308 e. The van der Waals surface area contributed by atoms with E-state index in [0.717, 1.165) is 25.7 Å². The number of unbranched alkanes of at least 4 members (excludes halogenated alkanes) is 1. The normalized spacial score (nSPS) is 21.2. The Morgan fingerprint density at radius 1 is 1.27 bits per heavy atom. The molecule has 2 amide bonds. The number of esters is 1. The fourth-order valence-electron chi connectivity index (χ4n) is 3.53. The number of nitrogens with one attached hydrogen (secondary N) is 1. The number of amides is 2. The predicted octanol–water partition coefficient (Wildman–Crippen LogP) is 1.92. The third kappa shape index (κ3) is 5.95. The second kappa shape index (κ2) is 11.0. The molecule has 30 heavy (non-hydrogen) atoms. The summed E-state index contributed by atoms with van der Waals surface area (Å²) in [5, 5.41) is 2.72. The molecule has 2 aliphatic rings. The maximum Gasteiger partial charge on any atom is 0.308 e. The number of carbonyl (C=O) groups is 3. The monoisotopic (exact) mass is 418 g/mol. The first-order chi connectivity index (χ1) is 14.6. The lowest BCUT2D eigenvalue weighted by Crippen LogP contribution is -2.57. The Morgan fingerprint density at radius 3 is 2.77 bits per heavy atom. The van der Waals surface area contributed by atoms with Crippen LogP contribution in [-0.2, 0) is 19.1 Å². The van der Waals surface area contributed by atoms with Crippen LogP contribution in [0.15, 0.2) is 24.3 Å². The van der Waals surface area contributed by atoms with Crippen LogP contribution in [0.1, 0.15) is 49.4 Å². The summed E-state index contributed by atoms with van der Waals surface area (Å²) < 4.78 is 16.3. The van der Waals surface area contributed by atoms with Crippen LogP contribution in [0.25, 0.3) is 0 Å². The second-order valence-corrected chi connectivity index (χ2v) is 7.55. The molecule has 0 saturated carbocycles. The van der Waals surface area contributed by atoms with Gasteiger partial charge < -0.3 is 24.4 Å². The minimum atomic E-state index is -0.885. The van der Waals surface area contributed by atoms with Crippen molar-refractivity contribution in [1.82, 2.24) is 10.2 Å². The van der Waals surface area contributed by atoms with Crippen LogP contribution >= 0.6 is 0 Å². The van der Waals surface area contributed by atoms with Crippen LogP contribution in [0.4, 0.5) is 0 Å². The van der Waals surface area contributed by atoms with Gasteiger partial charge in [0.05, 0.1) is 19.1 Å². The van der Waals surface area contributed by atoms with Gasteiger partial charge in [0.15, 0.2) is 0 Å². The van der Waals surface area contributed by atoms with Gasteiger partial charge >= 0.3 is 5.97 Å². The Labute approximate surface area is 176 Å². The van der Waals surface area contributed by atoms with E-state index in [1.54, 1.807) is 24.3 Å². The van der Waals surface area contributed by atoms with Crippen molar-refractivity contribution in [3.05, 3.63) is 29.8 Å². The van der Waals surface area contributed by atoms with E-state index < -0.39 is 12.0 Å². The molecule has 0 radical (unpaired) electrons. The van der Waals surface area contributed by atoms with Crippen molar-refractivity contribution >= 4 is 17.8 Å². The number of hydrogen-bond acceptors (Lipinski definition) is 6. The van der Waals surface area contributed by atoms with Gasteiger partial charge in [0, 0.05) is 25.3 Å². The predicted molar refractivity (Wildman–Crippen MR) is 109 cm³/mol. The maximum absolute atomic E-state index is 13.0. The van der Waals surface area contributed by atoms with Crippen LogP contribution < -0.4 is 10.1 Å². The minimum absolute atomic E-state index is 0.0788. The standard InChI is InChI=1S/C22H30N2O6/c1-2-3-12-28-17-8-6-16(7-9-17)22(27)24-11-10-23-21(26)19(24)14-20(25)30-15-18-5-4-13-29-18/h6-9,18-19H,2-5,10-15H2,1H3,(H,23,26)/t18-,19+/m0/s1. The first-order valence-corrected chi connectivity index (χ1v) is 10.7. The lowest BCUT2D eigenvalue weighted by molar-refractivity contribution is -0.150. The van der Waals surface area contributed by atoms with Crippen molar-refractivity contribution in [2.75, 3.05) is 32.9 Å². The van der Waals surface area contributed by atoms with E-state index in [1.807, 2.05) is 0 Å². The first kappa shape index (κ1) is 22.1. The van der Waals surface area contributed by atoms with Gasteiger partial charge in [-0.25, -0.2) is 0 Å². The minimum Gasteiger partial charge on any atom is -0.494 e. The van der Waals surface area contributed by atoms with Crippen LogP contribution in [0.2, 0.25) is 0 Å². The molecule has 0 unspecified atom stereocenters. The van der Waals surface area contributed by atoms with Gasteiger partial charge in [0.2, 0.25) is 5.91 Å². The zero-order valence-corrected chi connectivity index (χ0v) is 17.4. The molecule has 1 aromatic carbocycles. The molecule has 2 aliphatic heterocycles. The zero-order valence-electron chi connectivity index (χ0n) is 17.4. The molecule has 2 heterocycles. The summed E-state index contributed by atoms with van der Waals surface area (Å²) >= 11 is 0. The van der Waals surface area contributed by atoms with Gasteiger partial charge in [-0.3, -0.25) is 14.4 Å². The van der Waals surface area contributed by atoms with E-state index >= 15 is 0 Å². The summed E-state index contributed by atoms with van der Waals surface area (Å²) in [5.74, 6) is -0.444. The number of carbonyl (C=O) groups excluding carboxylic acids is 3. The summed E-state index contributed by atoms with van der Waals surface area (Å²) in [6.45, 7) is 4.27. The van der Waals surface area contributed by atoms with Crippen molar-refractivity contribution in [2.24, 2.45) is 0 Å². The SMILES string of the molecule is CCCCOc1ccc(C(=O)N2CCNC(=O)[C@H]2CC(=O)OC[C@@H]2CCCO2)cc1. The first-order valence-electron chi connectivity index (χ1n) is 10.7. The molecule has 1 aromatic rings. The van der Waals surface area contributed by atoms with Crippen molar-refractivity contribution in [3.8, 4) is 5.75 Å². The Balaban J connectivity index is 1.59. The number of ether oxygens (including phenoxy) is 3. The Hall–Kier alpha value is -2.61.